The summed E-state index contributed by atoms with van der Waals surface area (Å²) in [5.74, 6) is -1.02. The molecule has 1 aliphatic rings. The van der Waals surface area contributed by atoms with Crippen LogP contribution in [0.4, 0.5) is 0 Å². The maximum absolute atomic E-state index is 12.1. The third-order valence-electron chi connectivity index (χ3n) is 3.91. The number of benzene rings is 1. The van der Waals surface area contributed by atoms with E-state index in [0.717, 1.165) is 23.3 Å². The number of nitrogens with one attached hydrogen (secondary N) is 1. The van der Waals surface area contributed by atoms with Crippen LogP contribution in [0, 0.1) is 5.92 Å². The van der Waals surface area contributed by atoms with E-state index < -0.39 is 5.97 Å². The summed E-state index contributed by atoms with van der Waals surface area (Å²) < 4.78 is 5.80. The predicted molar refractivity (Wildman–Crippen MR) is 86.9 cm³/mol. The van der Waals surface area contributed by atoms with Gasteiger partial charge in [0.25, 0.3) is 5.91 Å². The first-order valence-corrected chi connectivity index (χ1v) is 8.24. The Hall–Kier alpha value is -2.18. The van der Waals surface area contributed by atoms with E-state index in [4.69, 9.17) is 9.84 Å². The van der Waals surface area contributed by atoms with Gasteiger partial charge in [-0.2, -0.15) is 0 Å². The van der Waals surface area contributed by atoms with Gasteiger partial charge in [-0.15, -0.1) is 11.3 Å². The predicted octanol–water partition coefficient (Wildman–Crippen LogP) is 2.95. The molecule has 0 saturated carbocycles. The summed E-state index contributed by atoms with van der Waals surface area (Å²) in [4.78, 5) is 23.6. The largest absolute Gasteiger partial charge is 0.477 e. The lowest BCUT2D eigenvalue weighted by atomic mass is 9.95. The number of hydrogen-bond donors (Lipinski definition) is 2. The van der Waals surface area contributed by atoms with E-state index in [1.54, 1.807) is 6.07 Å². The summed E-state index contributed by atoms with van der Waals surface area (Å²) in [7, 11) is 0. The molecule has 2 aromatic rings. The maximum Gasteiger partial charge on any atom is 0.345 e. The monoisotopic (exact) mass is 331 g/mol. The van der Waals surface area contributed by atoms with Crippen LogP contribution >= 0.6 is 11.3 Å². The van der Waals surface area contributed by atoms with Crippen molar-refractivity contribution in [3.05, 3.63) is 57.8 Å². The molecule has 1 aliphatic heterocycles. The molecule has 1 amide bonds. The lowest BCUT2D eigenvalue weighted by Gasteiger charge is -2.19. The Morgan fingerprint density at radius 3 is 2.61 bits per heavy atom. The first-order valence-electron chi connectivity index (χ1n) is 7.43. The number of amides is 1. The summed E-state index contributed by atoms with van der Waals surface area (Å²) in [6.45, 7) is 1.20. The van der Waals surface area contributed by atoms with Crippen molar-refractivity contribution in [1.29, 1.82) is 0 Å². The summed E-state index contributed by atoms with van der Waals surface area (Å²) in [6.07, 6.45) is 0.888. The van der Waals surface area contributed by atoms with Crippen molar-refractivity contribution >= 4 is 23.2 Å². The topological polar surface area (TPSA) is 75.6 Å². The van der Waals surface area contributed by atoms with E-state index >= 15 is 0 Å². The molecule has 1 aromatic carbocycles. The molecule has 1 fully saturated rings. The molecule has 0 spiro atoms. The number of carbonyl (C=O) groups excluding carboxylic acids is 1. The summed E-state index contributed by atoms with van der Waals surface area (Å²) in [5, 5.41) is 11.8. The molecular formula is C17H17NO4S. The van der Waals surface area contributed by atoms with Gasteiger partial charge in [-0.05, 0) is 24.1 Å². The highest BCUT2D eigenvalue weighted by Crippen LogP contribution is 2.34. The standard InChI is InChI=1S/C17H17NO4S/c19-16(13-6-7-14(23-13)17(20)21)18-10-12-8-9-22-15(12)11-4-2-1-3-5-11/h1-7,12,15H,8-10H2,(H,18,19)(H,20,21)/t12-,15-/m1/s1. The molecule has 2 heterocycles. The fourth-order valence-corrected chi connectivity index (χ4v) is 3.50. The van der Waals surface area contributed by atoms with Crippen LogP contribution in [0.15, 0.2) is 42.5 Å². The first kappa shape index (κ1) is 15.7. The molecule has 1 saturated heterocycles. The van der Waals surface area contributed by atoms with Gasteiger partial charge in [0.05, 0.1) is 11.0 Å². The molecule has 0 unspecified atom stereocenters. The van der Waals surface area contributed by atoms with Gasteiger partial charge in [-0.1, -0.05) is 30.3 Å². The van der Waals surface area contributed by atoms with Crippen LogP contribution in [-0.2, 0) is 4.74 Å². The number of hydrogen-bond acceptors (Lipinski definition) is 4. The van der Waals surface area contributed by atoms with Crippen LogP contribution in [0.1, 0.15) is 37.4 Å². The number of thiophene rings is 1. The zero-order chi connectivity index (χ0) is 16.2. The Morgan fingerprint density at radius 2 is 1.91 bits per heavy atom. The van der Waals surface area contributed by atoms with Crippen molar-refractivity contribution in [2.24, 2.45) is 5.92 Å². The highest BCUT2D eigenvalue weighted by atomic mass is 32.1. The molecule has 5 nitrogen and oxygen atoms in total. The van der Waals surface area contributed by atoms with Gasteiger partial charge >= 0.3 is 5.97 Å². The lowest BCUT2D eigenvalue weighted by molar-refractivity contribution is 0.0702. The Kier molecular flexibility index (Phi) is 4.73. The Bertz CT molecular complexity index is 698. The molecule has 2 N–H and O–H groups in total. The minimum absolute atomic E-state index is 0.00517. The molecule has 3 rings (SSSR count). The molecule has 23 heavy (non-hydrogen) atoms. The van der Waals surface area contributed by atoms with Gasteiger partial charge < -0.3 is 15.2 Å². The van der Waals surface area contributed by atoms with Crippen molar-refractivity contribution < 1.29 is 19.4 Å². The normalized spacial score (nSPS) is 20.3. The molecule has 120 valence electrons. The Labute approximate surface area is 137 Å². The first-order chi connectivity index (χ1) is 11.1. The molecule has 0 radical (unpaired) electrons. The SMILES string of the molecule is O=C(O)c1ccc(C(=O)NC[C@H]2CCO[C@@H]2c2ccccc2)s1. The number of carbonyl (C=O) groups is 2. The molecule has 6 heteroatoms. The molecular weight excluding hydrogens is 314 g/mol. The summed E-state index contributed by atoms with van der Waals surface area (Å²) in [5.41, 5.74) is 1.12. The van der Waals surface area contributed by atoms with Crippen LogP contribution in [0.2, 0.25) is 0 Å². The highest BCUT2D eigenvalue weighted by molar-refractivity contribution is 7.15. The number of ether oxygens (including phenoxy) is 1. The molecule has 2 atom stereocenters. The van der Waals surface area contributed by atoms with Gasteiger partial charge in [-0.3, -0.25) is 4.79 Å². The van der Waals surface area contributed by atoms with E-state index in [1.165, 1.54) is 6.07 Å². The summed E-state index contributed by atoms with van der Waals surface area (Å²) in [6, 6.07) is 13.0. The van der Waals surface area contributed by atoms with Gasteiger partial charge in [-0.25, -0.2) is 4.79 Å². The number of carboxylic acids is 1. The zero-order valence-electron chi connectivity index (χ0n) is 12.4. The second-order valence-corrected chi connectivity index (χ2v) is 6.51. The fraction of sp³-hybridized carbons (Fsp3) is 0.294. The van der Waals surface area contributed by atoms with E-state index in [0.29, 0.717) is 18.0 Å². The van der Waals surface area contributed by atoms with Crippen molar-refractivity contribution in [3.63, 3.8) is 0 Å². The average molecular weight is 331 g/mol. The number of aromatic carboxylic acids is 1. The van der Waals surface area contributed by atoms with E-state index in [9.17, 15) is 9.59 Å². The van der Waals surface area contributed by atoms with Crippen LogP contribution in [0.3, 0.4) is 0 Å². The van der Waals surface area contributed by atoms with Crippen molar-refractivity contribution in [1.82, 2.24) is 5.32 Å². The van der Waals surface area contributed by atoms with Crippen LogP contribution in [-0.4, -0.2) is 30.1 Å². The van der Waals surface area contributed by atoms with Crippen molar-refractivity contribution in [2.45, 2.75) is 12.5 Å². The molecule has 1 aromatic heterocycles. The molecule has 0 bridgehead atoms. The van der Waals surface area contributed by atoms with Gasteiger partial charge in [0.2, 0.25) is 0 Å². The van der Waals surface area contributed by atoms with E-state index in [-0.39, 0.29) is 22.8 Å². The van der Waals surface area contributed by atoms with Gasteiger partial charge in [0, 0.05) is 19.1 Å². The third-order valence-corrected chi connectivity index (χ3v) is 4.98. The number of rotatable bonds is 5. The van der Waals surface area contributed by atoms with Crippen molar-refractivity contribution in [3.8, 4) is 0 Å². The quantitative estimate of drug-likeness (QED) is 0.883. The second-order valence-electron chi connectivity index (χ2n) is 5.43. The van der Waals surface area contributed by atoms with Gasteiger partial charge in [0.1, 0.15) is 4.88 Å². The van der Waals surface area contributed by atoms with Crippen molar-refractivity contribution in [2.75, 3.05) is 13.2 Å². The number of carboxylic acid groups (broad SMARTS) is 1. The average Bonchev–Trinajstić information content (AvgIpc) is 3.22. The van der Waals surface area contributed by atoms with Crippen LogP contribution in [0.25, 0.3) is 0 Å². The minimum Gasteiger partial charge on any atom is -0.477 e. The third kappa shape index (κ3) is 3.60. The summed E-state index contributed by atoms with van der Waals surface area (Å²) >= 11 is 0.986. The minimum atomic E-state index is -1.01. The highest BCUT2D eigenvalue weighted by Gasteiger charge is 2.29. The maximum atomic E-state index is 12.1. The Balaban J connectivity index is 1.60. The second kappa shape index (κ2) is 6.93. The van der Waals surface area contributed by atoms with Crippen LogP contribution in [0.5, 0.6) is 0 Å². The van der Waals surface area contributed by atoms with Gasteiger partial charge in [0.15, 0.2) is 0 Å². The zero-order valence-corrected chi connectivity index (χ0v) is 13.2. The fourth-order valence-electron chi connectivity index (χ4n) is 2.74. The Morgan fingerprint density at radius 1 is 1.17 bits per heavy atom. The van der Waals surface area contributed by atoms with E-state index in [1.807, 2.05) is 30.3 Å². The molecule has 0 aliphatic carbocycles. The smallest absolute Gasteiger partial charge is 0.345 e. The van der Waals surface area contributed by atoms with Crippen LogP contribution < -0.4 is 5.32 Å². The van der Waals surface area contributed by atoms with E-state index in [2.05, 4.69) is 5.32 Å². The lowest BCUT2D eigenvalue weighted by Crippen LogP contribution is -2.30.